The number of rotatable bonds is 7. The fourth-order valence-corrected chi connectivity index (χ4v) is 1.64. The first-order valence-corrected chi connectivity index (χ1v) is 5.43. The molecule has 0 amide bonds. The Morgan fingerprint density at radius 2 is 2.20 bits per heavy atom. The van der Waals surface area contributed by atoms with E-state index in [1.807, 2.05) is 0 Å². The van der Waals surface area contributed by atoms with Gasteiger partial charge in [0, 0.05) is 13.2 Å². The Kier molecular flexibility index (Phi) is 6.12. The smallest absolute Gasteiger partial charge is 0.104 e. The first-order chi connectivity index (χ1) is 7.33. The summed E-state index contributed by atoms with van der Waals surface area (Å²) >= 11 is 0. The SMILES string of the molecule is NCC1(OCCOCCO)CCCOC1. The largest absolute Gasteiger partial charge is 0.394 e. The second-order valence-corrected chi connectivity index (χ2v) is 3.73. The molecule has 1 atom stereocenters. The number of nitrogens with two attached hydrogens (primary N) is 1. The normalized spacial score (nSPS) is 26.8. The van der Waals surface area contributed by atoms with E-state index < -0.39 is 0 Å². The fourth-order valence-electron chi connectivity index (χ4n) is 1.64. The molecule has 0 aromatic carbocycles. The van der Waals surface area contributed by atoms with Gasteiger partial charge < -0.3 is 25.1 Å². The minimum atomic E-state index is -0.319. The van der Waals surface area contributed by atoms with Crippen molar-refractivity contribution in [3.8, 4) is 0 Å². The number of aliphatic hydroxyl groups excluding tert-OH is 1. The van der Waals surface area contributed by atoms with E-state index in [0.29, 0.717) is 33.0 Å². The second-order valence-electron chi connectivity index (χ2n) is 3.73. The average Bonchev–Trinajstić information content (AvgIpc) is 2.30. The van der Waals surface area contributed by atoms with Crippen LogP contribution in [0.1, 0.15) is 12.8 Å². The molecule has 1 aliphatic heterocycles. The molecule has 5 heteroatoms. The van der Waals surface area contributed by atoms with E-state index in [4.69, 9.17) is 25.1 Å². The van der Waals surface area contributed by atoms with Gasteiger partial charge >= 0.3 is 0 Å². The van der Waals surface area contributed by atoms with Crippen molar-refractivity contribution in [1.82, 2.24) is 0 Å². The Hall–Kier alpha value is -0.200. The Balaban J connectivity index is 2.15. The van der Waals surface area contributed by atoms with Gasteiger partial charge in [-0.15, -0.1) is 0 Å². The highest BCUT2D eigenvalue weighted by Gasteiger charge is 2.32. The second kappa shape index (κ2) is 7.14. The Morgan fingerprint density at radius 1 is 1.33 bits per heavy atom. The number of ether oxygens (including phenoxy) is 3. The van der Waals surface area contributed by atoms with E-state index >= 15 is 0 Å². The molecule has 0 aromatic rings. The van der Waals surface area contributed by atoms with E-state index in [9.17, 15) is 0 Å². The van der Waals surface area contributed by atoms with E-state index in [0.717, 1.165) is 19.4 Å². The van der Waals surface area contributed by atoms with Crippen molar-refractivity contribution in [1.29, 1.82) is 0 Å². The third kappa shape index (κ3) is 4.44. The van der Waals surface area contributed by atoms with Gasteiger partial charge in [0.2, 0.25) is 0 Å². The predicted octanol–water partition coefficient (Wildman–Crippen LogP) is -0.480. The lowest BCUT2D eigenvalue weighted by atomic mass is 9.97. The van der Waals surface area contributed by atoms with Crippen LogP contribution in [0.2, 0.25) is 0 Å². The van der Waals surface area contributed by atoms with Crippen LogP contribution in [0.5, 0.6) is 0 Å². The minimum Gasteiger partial charge on any atom is -0.394 e. The summed E-state index contributed by atoms with van der Waals surface area (Å²) in [5, 5.41) is 8.51. The molecule has 3 N–H and O–H groups in total. The van der Waals surface area contributed by atoms with Gasteiger partial charge in [-0.25, -0.2) is 0 Å². The molecule has 0 aliphatic carbocycles. The lowest BCUT2D eigenvalue weighted by Crippen LogP contribution is -2.48. The zero-order valence-corrected chi connectivity index (χ0v) is 9.11. The van der Waals surface area contributed by atoms with Gasteiger partial charge in [-0.1, -0.05) is 0 Å². The Morgan fingerprint density at radius 3 is 2.80 bits per heavy atom. The maximum atomic E-state index is 8.51. The molecule has 1 heterocycles. The Labute approximate surface area is 90.5 Å². The van der Waals surface area contributed by atoms with Crippen LogP contribution in [0.3, 0.4) is 0 Å². The van der Waals surface area contributed by atoms with E-state index in [1.165, 1.54) is 0 Å². The minimum absolute atomic E-state index is 0.0468. The maximum Gasteiger partial charge on any atom is 0.104 e. The van der Waals surface area contributed by atoms with Crippen LogP contribution >= 0.6 is 0 Å². The third-order valence-electron chi connectivity index (χ3n) is 2.53. The van der Waals surface area contributed by atoms with Gasteiger partial charge in [0.1, 0.15) is 5.60 Å². The van der Waals surface area contributed by atoms with Crippen molar-refractivity contribution in [3.05, 3.63) is 0 Å². The highest BCUT2D eigenvalue weighted by atomic mass is 16.6. The molecule has 90 valence electrons. The topological polar surface area (TPSA) is 73.9 Å². The standard InChI is InChI=1S/C10H21NO4/c11-8-10(2-1-4-14-9-10)15-7-6-13-5-3-12/h12H,1-9,11H2. The van der Waals surface area contributed by atoms with Crippen LogP contribution in [0.15, 0.2) is 0 Å². The third-order valence-corrected chi connectivity index (χ3v) is 2.53. The summed E-state index contributed by atoms with van der Waals surface area (Å²) in [6, 6.07) is 0. The van der Waals surface area contributed by atoms with Crippen molar-refractivity contribution in [2.75, 3.05) is 46.2 Å². The summed E-state index contributed by atoms with van der Waals surface area (Å²) in [7, 11) is 0. The van der Waals surface area contributed by atoms with Gasteiger partial charge in [0.15, 0.2) is 0 Å². The molecule has 5 nitrogen and oxygen atoms in total. The van der Waals surface area contributed by atoms with Gasteiger partial charge in [0.05, 0.1) is 33.0 Å². The first-order valence-electron chi connectivity index (χ1n) is 5.43. The molecule has 1 rings (SSSR count). The summed E-state index contributed by atoms with van der Waals surface area (Å²) in [6.45, 7) is 3.24. The number of hydrogen-bond acceptors (Lipinski definition) is 5. The molecule has 1 aliphatic rings. The summed E-state index contributed by atoms with van der Waals surface area (Å²) in [5.41, 5.74) is 5.37. The van der Waals surface area contributed by atoms with Crippen LogP contribution in [-0.2, 0) is 14.2 Å². The quantitative estimate of drug-likeness (QED) is 0.566. The highest BCUT2D eigenvalue weighted by Crippen LogP contribution is 2.22. The van der Waals surface area contributed by atoms with Crippen molar-refractivity contribution in [2.45, 2.75) is 18.4 Å². The van der Waals surface area contributed by atoms with Crippen LogP contribution in [0.25, 0.3) is 0 Å². The summed E-state index contributed by atoms with van der Waals surface area (Å²) < 4.78 is 16.2. The molecule has 0 spiro atoms. The predicted molar refractivity (Wildman–Crippen MR) is 55.7 cm³/mol. The van der Waals surface area contributed by atoms with Crippen LogP contribution in [-0.4, -0.2) is 56.9 Å². The zero-order valence-electron chi connectivity index (χ0n) is 9.11. The molecule has 15 heavy (non-hydrogen) atoms. The molecular weight excluding hydrogens is 198 g/mol. The number of aliphatic hydroxyl groups is 1. The van der Waals surface area contributed by atoms with Gasteiger partial charge in [-0.3, -0.25) is 0 Å². The molecule has 0 aromatic heterocycles. The summed E-state index contributed by atoms with van der Waals surface area (Å²) in [5.74, 6) is 0. The van der Waals surface area contributed by atoms with Crippen molar-refractivity contribution < 1.29 is 19.3 Å². The van der Waals surface area contributed by atoms with Crippen LogP contribution in [0.4, 0.5) is 0 Å². The lowest BCUT2D eigenvalue weighted by Gasteiger charge is -2.35. The Bertz CT molecular complexity index is 160. The van der Waals surface area contributed by atoms with Gasteiger partial charge in [0.25, 0.3) is 0 Å². The molecule has 0 bridgehead atoms. The van der Waals surface area contributed by atoms with Gasteiger partial charge in [-0.2, -0.15) is 0 Å². The first kappa shape index (κ1) is 12.9. The summed E-state index contributed by atoms with van der Waals surface area (Å²) in [4.78, 5) is 0. The van der Waals surface area contributed by atoms with Crippen molar-refractivity contribution >= 4 is 0 Å². The van der Waals surface area contributed by atoms with Crippen LogP contribution < -0.4 is 5.73 Å². The fraction of sp³-hybridized carbons (Fsp3) is 1.00. The maximum absolute atomic E-state index is 8.51. The van der Waals surface area contributed by atoms with E-state index in [-0.39, 0.29) is 12.2 Å². The van der Waals surface area contributed by atoms with Gasteiger partial charge in [-0.05, 0) is 12.8 Å². The molecule has 1 saturated heterocycles. The molecule has 0 saturated carbocycles. The number of hydrogen-bond donors (Lipinski definition) is 2. The molecular formula is C10H21NO4. The monoisotopic (exact) mass is 219 g/mol. The van der Waals surface area contributed by atoms with Crippen molar-refractivity contribution in [3.63, 3.8) is 0 Å². The van der Waals surface area contributed by atoms with E-state index in [2.05, 4.69) is 0 Å². The highest BCUT2D eigenvalue weighted by molar-refractivity contribution is 4.84. The lowest BCUT2D eigenvalue weighted by molar-refractivity contribution is -0.132. The average molecular weight is 219 g/mol. The molecule has 0 radical (unpaired) electrons. The molecule has 1 unspecified atom stereocenters. The van der Waals surface area contributed by atoms with Crippen molar-refractivity contribution in [2.24, 2.45) is 5.73 Å². The van der Waals surface area contributed by atoms with E-state index in [1.54, 1.807) is 0 Å². The zero-order chi connectivity index (χ0) is 11.0. The summed E-state index contributed by atoms with van der Waals surface area (Å²) in [6.07, 6.45) is 1.94. The molecule has 1 fully saturated rings. The van der Waals surface area contributed by atoms with Crippen LogP contribution in [0, 0.1) is 0 Å².